The number of rotatable bonds is 6. The van der Waals surface area contributed by atoms with Crippen LogP contribution in [0.3, 0.4) is 0 Å². The third-order valence-corrected chi connectivity index (χ3v) is 7.40. The van der Waals surface area contributed by atoms with Crippen LogP contribution in [0.25, 0.3) is 11.5 Å². The fraction of sp³-hybridized carbons (Fsp3) is 0.212. The van der Waals surface area contributed by atoms with E-state index < -0.39 is 0 Å². The second-order valence-corrected chi connectivity index (χ2v) is 10.1. The van der Waals surface area contributed by atoms with Crippen LogP contribution in [-0.2, 0) is 13.1 Å². The molecule has 7 heteroatoms. The highest BCUT2D eigenvalue weighted by Gasteiger charge is 2.36. The van der Waals surface area contributed by atoms with Crippen molar-refractivity contribution in [2.24, 2.45) is 0 Å². The summed E-state index contributed by atoms with van der Waals surface area (Å²) in [5.74, 6) is 1.73. The summed E-state index contributed by atoms with van der Waals surface area (Å²) in [4.78, 5) is 16.0. The third-order valence-electron chi connectivity index (χ3n) is 7.40. The molecule has 0 radical (unpaired) electrons. The average Bonchev–Trinajstić information content (AvgIpc) is 3.53. The van der Waals surface area contributed by atoms with Crippen molar-refractivity contribution in [1.82, 2.24) is 24.6 Å². The Morgan fingerprint density at radius 1 is 0.975 bits per heavy atom. The predicted octanol–water partition coefficient (Wildman–Crippen LogP) is 6.49. The zero-order valence-electron chi connectivity index (χ0n) is 23.0. The van der Waals surface area contributed by atoms with Gasteiger partial charge in [-0.3, -0.25) is 0 Å². The molecule has 1 atom stereocenters. The van der Waals surface area contributed by atoms with Crippen LogP contribution < -0.4 is 10.1 Å². The Labute approximate surface area is 234 Å². The monoisotopic (exact) mass is 531 g/mol. The van der Waals surface area contributed by atoms with Gasteiger partial charge in [-0.15, -0.1) is 0 Å². The smallest absolute Gasteiger partial charge is 0.318 e. The van der Waals surface area contributed by atoms with Gasteiger partial charge in [0.2, 0.25) is 0 Å². The molecule has 0 spiro atoms. The first kappa shape index (κ1) is 25.5. The van der Waals surface area contributed by atoms with Gasteiger partial charge in [0.25, 0.3) is 0 Å². The van der Waals surface area contributed by atoms with E-state index in [1.54, 1.807) is 0 Å². The summed E-state index contributed by atoms with van der Waals surface area (Å²) in [5, 5.41) is 8.12. The molecule has 0 saturated carbocycles. The lowest BCUT2D eigenvalue weighted by molar-refractivity contribution is 0.180. The number of benzene rings is 3. The van der Waals surface area contributed by atoms with Crippen LogP contribution in [0.15, 0.2) is 97.2 Å². The van der Waals surface area contributed by atoms with E-state index in [9.17, 15) is 4.79 Å². The molecule has 1 N–H and O–H groups in total. The molecular weight excluding hydrogens is 498 g/mol. The predicted molar refractivity (Wildman–Crippen MR) is 156 cm³/mol. The topological polar surface area (TPSA) is 64.3 Å². The lowest BCUT2D eigenvalue weighted by Gasteiger charge is -2.31. The van der Waals surface area contributed by atoms with Gasteiger partial charge in [0.15, 0.2) is 0 Å². The first-order valence-electron chi connectivity index (χ1n) is 13.7. The Morgan fingerprint density at radius 3 is 2.55 bits per heavy atom. The van der Waals surface area contributed by atoms with Crippen LogP contribution in [0.4, 0.5) is 4.79 Å². The van der Waals surface area contributed by atoms with Crippen LogP contribution in [0.2, 0.25) is 0 Å². The van der Waals surface area contributed by atoms with E-state index in [0.717, 1.165) is 45.3 Å². The minimum atomic E-state index is -0.343. The maximum absolute atomic E-state index is 14.1. The molecule has 202 valence electrons. The van der Waals surface area contributed by atoms with Crippen molar-refractivity contribution in [3.05, 3.63) is 131 Å². The van der Waals surface area contributed by atoms with Crippen molar-refractivity contribution < 1.29 is 9.53 Å². The molecule has 1 aliphatic heterocycles. The molecule has 2 aromatic heterocycles. The number of carbonyl (C=O) groups excluding carboxylic acids is 1. The molecule has 1 aliphatic rings. The number of amides is 2. The van der Waals surface area contributed by atoms with E-state index in [1.165, 1.54) is 5.56 Å². The minimum absolute atomic E-state index is 0.139. The highest BCUT2D eigenvalue weighted by Crippen LogP contribution is 2.39. The Balaban J connectivity index is 1.47. The molecule has 0 bridgehead atoms. The van der Waals surface area contributed by atoms with Crippen LogP contribution >= 0.6 is 0 Å². The second kappa shape index (κ2) is 10.8. The van der Waals surface area contributed by atoms with Gasteiger partial charge >= 0.3 is 6.03 Å². The summed E-state index contributed by atoms with van der Waals surface area (Å²) in [5.41, 5.74) is 7.08. The van der Waals surface area contributed by atoms with Crippen molar-refractivity contribution in [2.45, 2.75) is 39.9 Å². The number of urea groups is 1. The van der Waals surface area contributed by atoms with E-state index in [2.05, 4.69) is 71.5 Å². The molecule has 0 fully saturated rings. The molecule has 7 nitrogen and oxygen atoms in total. The van der Waals surface area contributed by atoms with Crippen LogP contribution in [0, 0.1) is 13.8 Å². The number of aryl methyl sites for hydroxylation is 2. The van der Waals surface area contributed by atoms with Crippen molar-refractivity contribution in [3.63, 3.8) is 0 Å². The zero-order chi connectivity index (χ0) is 27.6. The molecule has 0 saturated heterocycles. The Kier molecular flexibility index (Phi) is 6.86. The molecule has 0 aliphatic carbocycles. The van der Waals surface area contributed by atoms with E-state index in [4.69, 9.17) is 9.84 Å². The number of para-hydroxylation sites is 1. The number of hydrogen-bond donors (Lipinski definition) is 1. The van der Waals surface area contributed by atoms with Gasteiger partial charge in [0.1, 0.15) is 11.6 Å². The van der Waals surface area contributed by atoms with Gasteiger partial charge < -0.3 is 19.5 Å². The number of ether oxygens (including phenoxy) is 1. The molecule has 6 rings (SSSR count). The number of carbonyl (C=O) groups is 1. The summed E-state index contributed by atoms with van der Waals surface area (Å²) < 4.78 is 10.0. The normalized spacial score (nSPS) is 14.3. The summed E-state index contributed by atoms with van der Waals surface area (Å²) in [7, 11) is 0. The minimum Gasteiger partial charge on any atom is -0.494 e. The largest absolute Gasteiger partial charge is 0.494 e. The summed E-state index contributed by atoms with van der Waals surface area (Å²) in [6, 6.07) is 30.1. The van der Waals surface area contributed by atoms with Crippen molar-refractivity contribution in [1.29, 1.82) is 0 Å². The molecule has 40 heavy (non-hydrogen) atoms. The molecule has 2 amide bonds. The van der Waals surface area contributed by atoms with Gasteiger partial charge in [-0.05, 0) is 68.3 Å². The zero-order valence-corrected chi connectivity index (χ0v) is 23.0. The molecule has 3 aromatic carbocycles. The van der Waals surface area contributed by atoms with Gasteiger partial charge in [-0.1, -0.05) is 60.2 Å². The van der Waals surface area contributed by atoms with Crippen molar-refractivity contribution in [3.8, 4) is 17.3 Å². The van der Waals surface area contributed by atoms with Gasteiger partial charge in [0.05, 0.1) is 36.3 Å². The van der Waals surface area contributed by atoms with Crippen LogP contribution in [0.1, 0.15) is 46.6 Å². The van der Waals surface area contributed by atoms with Crippen LogP contribution in [0.5, 0.6) is 5.75 Å². The quantitative estimate of drug-likeness (QED) is 0.272. The second-order valence-electron chi connectivity index (χ2n) is 10.1. The van der Waals surface area contributed by atoms with Gasteiger partial charge in [0, 0.05) is 18.3 Å². The van der Waals surface area contributed by atoms with Crippen molar-refractivity contribution in [2.75, 3.05) is 6.61 Å². The van der Waals surface area contributed by atoms with E-state index in [0.29, 0.717) is 19.7 Å². The number of aromatic nitrogens is 3. The standard InChI is InChI=1S/C33H33N5O2/c1-4-40-28-13-8-10-26(20-28)31-30-14-9-19-36(30)32-29(24(3)35-38(32)27-11-6-5-7-12-27)22-37(31)33(39)34-21-25-17-15-23(2)16-18-25/h5-20,31H,4,21-22H2,1-3H3,(H,34,39)/t31-/m0/s1. The number of fused-ring (bicyclic) bond motifs is 3. The fourth-order valence-electron chi connectivity index (χ4n) is 5.43. The van der Waals surface area contributed by atoms with Crippen LogP contribution in [-0.4, -0.2) is 31.9 Å². The Bertz CT molecular complexity index is 1640. The van der Waals surface area contributed by atoms with E-state index in [-0.39, 0.29) is 12.1 Å². The Hall–Kier alpha value is -4.78. The highest BCUT2D eigenvalue weighted by molar-refractivity contribution is 5.76. The SMILES string of the molecule is CCOc1cccc([C@H]2c3cccn3-c3c(c(C)nn3-c3ccccc3)CN2C(=O)NCc2ccc(C)cc2)c1. The summed E-state index contributed by atoms with van der Waals surface area (Å²) in [6.07, 6.45) is 2.06. The maximum atomic E-state index is 14.1. The van der Waals surface area contributed by atoms with Crippen molar-refractivity contribution >= 4 is 6.03 Å². The maximum Gasteiger partial charge on any atom is 0.318 e. The number of nitrogens with zero attached hydrogens (tertiary/aromatic N) is 4. The first-order chi connectivity index (χ1) is 19.5. The molecule has 5 aromatic rings. The van der Waals surface area contributed by atoms with E-state index >= 15 is 0 Å². The number of hydrogen-bond acceptors (Lipinski definition) is 3. The average molecular weight is 532 g/mol. The first-order valence-corrected chi connectivity index (χ1v) is 13.7. The fourth-order valence-corrected chi connectivity index (χ4v) is 5.43. The number of nitrogens with one attached hydrogen (secondary N) is 1. The van der Waals surface area contributed by atoms with Gasteiger partial charge in [-0.2, -0.15) is 5.10 Å². The highest BCUT2D eigenvalue weighted by atomic mass is 16.5. The summed E-state index contributed by atoms with van der Waals surface area (Å²) >= 11 is 0. The molecule has 0 unspecified atom stereocenters. The van der Waals surface area contributed by atoms with E-state index in [1.807, 2.05) is 65.9 Å². The lowest BCUT2D eigenvalue weighted by Crippen LogP contribution is -2.41. The lowest BCUT2D eigenvalue weighted by atomic mass is 10.0. The third kappa shape index (κ3) is 4.75. The summed E-state index contributed by atoms with van der Waals surface area (Å²) in [6.45, 7) is 7.47. The molecule has 3 heterocycles. The molecular formula is C33H33N5O2. The Morgan fingerprint density at radius 2 is 1.77 bits per heavy atom. The van der Waals surface area contributed by atoms with Gasteiger partial charge in [-0.25, -0.2) is 9.48 Å².